The minimum atomic E-state index is 0.578. The van der Waals surface area contributed by atoms with Crippen LogP contribution in [0.25, 0.3) is 0 Å². The molecule has 5 nitrogen and oxygen atoms in total. The predicted octanol–water partition coefficient (Wildman–Crippen LogP) is 2.10. The largest absolute Gasteiger partial charge is 0.478 e. The summed E-state index contributed by atoms with van der Waals surface area (Å²) in [4.78, 5) is 8.26. The first kappa shape index (κ1) is 13.1. The summed E-state index contributed by atoms with van der Waals surface area (Å²) in [5, 5.41) is 3.32. The van der Waals surface area contributed by atoms with Gasteiger partial charge >= 0.3 is 0 Å². The van der Waals surface area contributed by atoms with Gasteiger partial charge in [0.2, 0.25) is 5.88 Å². The summed E-state index contributed by atoms with van der Waals surface area (Å²) in [5.41, 5.74) is 0. The highest BCUT2D eigenvalue weighted by atomic mass is 16.5. The Balaban J connectivity index is 1.80. The molecule has 1 saturated heterocycles. The fraction of sp³-hybridized carbons (Fsp3) is 0.692. The van der Waals surface area contributed by atoms with E-state index in [1.54, 1.807) is 0 Å². The maximum atomic E-state index is 5.47. The van der Waals surface area contributed by atoms with Crippen LogP contribution in [0.15, 0.2) is 12.4 Å². The summed E-state index contributed by atoms with van der Waals surface area (Å²) < 4.78 is 10.9. The average Bonchev–Trinajstić information content (AvgIpc) is 2.44. The Hall–Kier alpha value is -1.36. The van der Waals surface area contributed by atoms with E-state index in [4.69, 9.17) is 9.47 Å². The Morgan fingerprint density at radius 2 is 2.44 bits per heavy atom. The molecule has 0 aliphatic carbocycles. The monoisotopic (exact) mass is 251 g/mol. The van der Waals surface area contributed by atoms with Crippen LogP contribution in [0.4, 0.5) is 5.82 Å². The van der Waals surface area contributed by atoms with Gasteiger partial charge in [-0.15, -0.1) is 0 Å². The zero-order valence-corrected chi connectivity index (χ0v) is 10.9. The van der Waals surface area contributed by atoms with E-state index in [9.17, 15) is 0 Å². The second-order valence-electron chi connectivity index (χ2n) is 4.55. The molecule has 0 amide bonds. The van der Waals surface area contributed by atoms with Gasteiger partial charge in [0.25, 0.3) is 0 Å². The molecule has 0 radical (unpaired) electrons. The first-order chi connectivity index (χ1) is 8.88. The lowest BCUT2D eigenvalue weighted by molar-refractivity contribution is 0.0595. The van der Waals surface area contributed by atoms with Crippen LogP contribution in [0.5, 0.6) is 5.88 Å². The van der Waals surface area contributed by atoms with E-state index in [1.165, 1.54) is 12.7 Å². The first-order valence-electron chi connectivity index (χ1n) is 6.65. The molecular weight excluding hydrogens is 230 g/mol. The molecule has 1 aliphatic rings. The molecule has 0 spiro atoms. The second kappa shape index (κ2) is 7.16. The molecule has 1 atom stereocenters. The molecular formula is C13H21N3O2. The molecule has 18 heavy (non-hydrogen) atoms. The summed E-state index contributed by atoms with van der Waals surface area (Å²) in [6.07, 6.45) is 4.88. The second-order valence-corrected chi connectivity index (χ2v) is 4.55. The topological polar surface area (TPSA) is 56.3 Å². The van der Waals surface area contributed by atoms with Crippen LogP contribution in [0.3, 0.4) is 0 Å². The number of hydrogen-bond donors (Lipinski definition) is 1. The summed E-state index contributed by atoms with van der Waals surface area (Å²) in [6, 6.07) is 1.85. The third-order valence-electron chi connectivity index (χ3n) is 2.92. The van der Waals surface area contributed by atoms with Crippen LogP contribution < -0.4 is 10.1 Å². The predicted molar refractivity (Wildman–Crippen MR) is 69.9 cm³/mol. The number of nitrogens with zero attached hydrogens (tertiary/aromatic N) is 2. The van der Waals surface area contributed by atoms with Crippen LogP contribution >= 0.6 is 0 Å². The molecule has 0 saturated carbocycles. The molecule has 1 fully saturated rings. The number of anilines is 1. The van der Waals surface area contributed by atoms with Crippen molar-refractivity contribution < 1.29 is 9.47 Å². The fourth-order valence-electron chi connectivity index (χ4n) is 1.94. The minimum absolute atomic E-state index is 0.578. The van der Waals surface area contributed by atoms with Crippen molar-refractivity contribution in [1.29, 1.82) is 0 Å². The molecule has 0 bridgehead atoms. The van der Waals surface area contributed by atoms with E-state index in [0.29, 0.717) is 18.4 Å². The highest BCUT2D eigenvalue weighted by Gasteiger charge is 2.13. The lowest BCUT2D eigenvalue weighted by atomic mass is 10.0. The number of nitrogens with one attached hydrogen (secondary N) is 1. The number of rotatable bonds is 6. The van der Waals surface area contributed by atoms with Crippen molar-refractivity contribution in [2.75, 3.05) is 31.7 Å². The maximum Gasteiger partial charge on any atom is 0.218 e. The molecule has 0 aromatic carbocycles. The Bertz CT molecular complexity index is 354. The molecule has 100 valence electrons. The number of aromatic nitrogens is 2. The van der Waals surface area contributed by atoms with E-state index < -0.39 is 0 Å². The number of hydrogen-bond acceptors (Lipinski definition) is 5. The van der Waals surface area contributed by atoms with Gasteiger partial charge in [0, 0.05) is 19.2 Å². The number of ether oxygens (including phenoxy) is 2. The summed E-state index contributed by atoms with van der Waals surface area (Å²) in [7, 11) is 0. The van der Waals surface area contributed by atoms with Gasteiger partial charge in [-0.1, -0.05) is 6.92 Å². The van der Waals surface area contributed by atoms with Crippen molar-refractivity contribution in [3.05, 3.63) is 12.4 Å². The molecule has 1 aromatic rings. The average molecular weight is 251 g/mol. The zero-order chi connectivity index (χ0) is 12.6. The van der Waals surface area contributed by atoms with Gasteiger partial charge in [-0.25, -0.2) is 9.97 Å². The zero-order valence-electron chi connectivity index (χ0n) is 10.9. The minimum Gasteiger partial charge on any atom is -0.478 e. The lowest BCUT2D eigenvalue weighted by Crippen LogP contribution is -2.24. The Morgan fingerprint density at radius 1 is 1.50 bits per heavy atom. The lowest BCUT2D eigenvalue weighted by Gasteiger charge is -2.22. The highest BCUT2D eigenvalue weighted by Crippen LogP contribution is 2.16. The Labute approximate surface area is 108 Å². The van der Waals surface area contributed by atoms with E-state index in [1.807, 2.05) is 6.07 Å². The van der Waals surface area contributed by atoms with Gasteiger partial charge in [-0.05, 0) is 25.2 Å². The van der Waals surface area contributed by atoms with Gasteiger partial charge in [0.15, 0.2) is 0 Å². The Morgan fingerprint density at radius 3 is 3.22 bits per heavy atom. The quantitative estimate of drug-likeness (QED) is 0.839. The van der Waals surface area contributed by atoms with Gasteiger partial charge in [0.05, 0.1) is 13.2 Å². The molecule has 1 aromatic heterocycles. The SMILES string of the molecule is CCCOc1cc(NCC2CCCOC2)ncn1. The molecule has 1 unspecified atom stereocenters. The standard InChI is InChI=1S/C13H21N3O2/c1-2-5-18-13-7-12(15-10-16-13)14-8-11-4-3-6-17-9-11/h7,10-11H,2-6,8-9H2,1H3,(H,14,15,16). The molecule has 2 rings (SSSR count). The van der Waals surface area contributed by atoms with E-state index in [0.717, 1.165) is 38.4 Å². The van der Waals surface area contributed by atoms with Crippen LogP contribution in [0.1, 0.15) is 26.2 Å². The smallest absolute Gasteiger partial charge is 0.218 e. The van der Waals surface area contributed by atoms with Crippen molar-refractivity contribution in [3.63, 3.8) is 0 Å². The molecule has 1 aliphatic heterocycles. The summed E-state index contributed by atoms with van der Waals surface area (Å²) in [5.74, 6) is 2.03. The summed E-state index contributed by atoms with van der Waals surface area (Å²) >= 11 is 0. The summed E-state index contributed by atoms with van der Waals surface area (Å²) in [6.45, 7) is 5.40. The van der Waals surface area contributed by atoms with Crippen LogP contribution in [-0.4, -0.2) is 36.3 Å². The van der Waals surface area contributed by atoms with Crippen LogP contribution in [-0.2, 0) is 4.74 Å². The van der Waals surface area contributed by atoms with Crippen molar-refractivity contribution in [2.45, 2.75) is 26.2 Å². The molecule has 1 N–H and O–H groups in total. The van der Waals surface area contributed by atoms with Crippen molar-refractivity contribution >= 4 is 5.82 Å². The van der Waals surface area contributed by atoms with E-state index in [2.05, 4.69) is 22.2 Å². The van der Waals surface area contributed by atoms with Crippen LogP contribution in [0, 0.1) is 5.92 Å². The fourth-order valence-corrected chi connectivity index (χ4v) is 1.94. The van der Waals surface area contributed by atoms with Gasteiger partial charge in [-0.3, -0.25) is 0 Å². The third-order valence-corrected chi connectivity index (χ3v) is 2.92. The van der Waals surface area contributed by atoms with E-state index in [-0.39, 0.29) is 0 Å². The van der Waals surface area contributed by atoms with Gasteiger partial charge in [-0.2, -0.15) is 0 Å². The van der Waals surface area contributed by atoms with Crippen molar-refractivity contribution in [3.8, 4) is 5.88 Å². The van der Waals surface area contributed by atoms with E-state index >= 15 is 0 Å². The Kier molecular flexibility index (Phi) is 5.20. The van der Waals surface area contributed by atoms with Crippen molar-refractivity contribution in [2.24, 2.45) is 5.92 Å². The van der Waals surface area contributed by atoms with Crippen LogP contribution in [0.2, 0.25) is 0 Å². The molecule has 5 heteroatoms. The third kappa shape index (κ3) is 4.14. The van der Waals surface area contributed by atoms with Crippen molar-refractivity contribution in [1.82, 2.24) is 9.97 Å². The highest BCUT2D eigenvalue weighted by molar-refractivity contribution is 5.37. The first-order valence-corrected chi connectivity index (χ1v) is 6.65. The maximum absolute atomic E-state index is 5.47. The van der Waals surface area contributed by atoms with Gasteiger partial charge in [0.1, 0.15) is 12.1 Å². The molecule has 2 heterocycles. The normalized spacial score (nSPS) is 19.5. The van der Waals surface area contributed by atoms with Gasteiger partial charge < -0.3 is 14.8 Å².